The maximum Gasteiger partial charge on any atom is 0.254 e. The fraction of sp³-hybridized carbons (Fsp3) is 0.353. The number of ether oxygens (including phenoxy) is 1. The predicted molar refractivity (Wildman–Crippen MR) is 90.8 cm³/mol. The van der Waals surface area contributed by atoms with Crippen molar-refractivity contribution in [2.45, 2.75) is 30.3 Å². The lowest BCUT2D eigenvalue weighted by Gasteiger charge is -2.17. The number of rotatable bonds is 7. The van der Waals surface area contributed by atoms with Gasteiger partial charge in [-0.3, -0.25) is 4.79 Å². The first kappa shape index (κ1) is 17.5. The van der Waals surface area contributed by atoms with Crippen LogP contribution in [-0.4, -0.2) is 39.4 Å². The van der Waals surface area contributed by atoms with Gasteiger partial charge in [0.15, 0.2) is 0 Å². The number of sulfonamides is 1. The number of methoxy groups -OCH3 is 1. The number of hydrogen-bond acceptors (Lipinski definition) is 5. The van der Waals surface area contributed by atoms with Crippen molar-refractivity contribution in [1.82, 2.24) is 9.62 Å². The van der Waals surface area contributed by atoms with Crippen molar-refractivity contribution < 1.29 is 22.4 Å². The summed E-state index contributed by atoms with van der Waals surface area (Å²) in [5.74, 6) is 0.549. The monoisotopic (exact) mass is 364 g/mol. The summed E-state index contributed by atoms with van der Waals surface area (Å²) in [5.41, 5.74) is 0.269. The summed E-state index contributed by atoms with van der Waals surface area (Å²) in [6.07, 6.45) is 3.19. The van der Waals surface area contributed by atoms with Crippen molar-refractivity contribution in [3.8, 4) is 5.75 Å². The molecular formula is C17H20N2O5S. The molecule has 1 fully saturated rings. The van der Waals surface area contributed by atoms with Crippen molar-refractivity contribution in [3.05, 3.63) is 47.9 Å². The van der Waals surface area contributed by atoms with Crippen LogP contribution in [0.4, 0.5) is 0 Å². The molecule has 0 atom stereocenters. The Bertz CT molecular complexity index is 857. The highest BCUT2D eigenvalue weighted by molar-refractivity contribution is 7.89. The van der Waals surface area contributed by atoms with Gasteiger partial charge in [-0.25, -0.2) is 13.1 Å². The molecule has 0 spiro atoms. The summed E-state index contributed by atoms with van der Waals surface area (Å²) in [6.45, 7) is 0.292. The second-order valence-corrected chi connectivity index (χ2v) is 7.68. The normalized spacial score (nSPS) is 14.3. The van der Waals surface area contributed by atoms with Crippen LogP contribution in [-0.2, 0) is 16.6 Å². The molecule has 8 heteroatoms. The third-order valence-electron chi connectivity index (χ3n) is 3.92. The van der Waals surface area contributed by atoms with E-state index in [1.54, 1.807) is 25.2 Å². The molecule has 25 heavy (non-hydrogen) atoms. The number of nitrogens with one attached hydrogen (secondary N) is 1. The fourth-order valence-corrected chi connectivity index (χ4v) is 3.93. The lowest BCUT2D eigenvalue weighted by molar-refractivity contribution is 0.0775. The lowest BCUT2D eigenvalue weighted by Crippen LogP contribution is -2.28. The van der Waals surface area contributed by atoms with Gasteiger partial charge in [0, 0.05) is 18.7 Å². The third kappa shape index (κ3) is 4.02. The minimum Gasteiger partial charge on any atom is -0.495 e. The molecule has 1 aliphatic rings. The van der Waals surface area contributed by atoms with E-state index in [1.807, 2.05) is 0 Å². The highest BCUT2D eigenvalue weighted by atomic mass is 32.2. The Hall–Kier alpha value is -2.32. The Kier molecular flexibility index (Phi) is 4.82. The summed E-state index contributed by atoms with van der Waals surface area (Å²) >= 11 is 0. The van der Waals surface area contributed by atoms with Gasteiger partial charge in [0.05, 0.1) is 19.9 Å². The van der Waals surface area contributed by atoms with E-state index in [9.17, 15) is 13.2 Å². The second kappa shape index (κ2) is 6.89. The van der Waals surface area contributed by atoms with Crippen LogP contribution in [0.1, 0.15) is 29.0 Å². The summed E-state index contributed by atoms with van der Waals surface area (Å²) < 4.78 is 38.1. The van der Waals surface area contributed by atoms with Crippen molar-refractivity contribution in [2.75, 3.05) is 14.2 Å². The van der Waals surface area contributed by atoms with Crippen molar-refractivity contribution >= 4 is 15.9 Å². The topological polar surface area (TPSA) is 88.8 Å². The van der Waals surface area contributed by atoms with Gasteiger partial charge in [-0.15, -0.1) is 0 Å². The first-order valence-electron chi connectivity index (χ1n) is 7.89. The number of nitrogens with zero attached hydrogens (tertiary/aromatic N) is 1. The summed E-state index contributed by atoms with van der Waals surface area (Å²) in [6, 6.07) is 7.88. The molecule has 1 N–H and O–H groups in total. The van der Waals surface area contributed by atoms with E-state index < -0.39 is 10.0 Å². The highest BCUT2D eigenvalue weighted by Crippen LogP contribution is 2.28. The van der Waals surface area contributed by atoms with Gasteiger partial charge in [-0.2, -0.15) is 0 Å². The summed E-state index contributed by atoms with van der Waals surface area (Å²) in [7, 11) is -0.706. The van der Waals surface area contributed by atoms with Gasteiger partial charge in [0.1, 0.15) is 16.4 Å². The van der Waals surface area contributed by atoms with Crippen LogP contribution in [0.25, 0.3) is 0 Å². The van der Waals surface area contributed by atoms with Gasteiger partial charge in [-0.1, -0.05) is 0 Å². The van der Waals surface area contributed by atoms with Gasteiger partial charge >= 0.3 is 0 Å². The lowest BCUT2D eigenvalue weighted by atomic mass is 10.2. The highest BCUT2D eigenvalue weighted by Gasteiger charge is 2.30. The number of amides is 1. The fourth-order valence-electron chi connectivity index (χ4n) is 2.43. The maximum absolute atomic E-state index is 12.6. The molecular weight excluding hydrogens is 344 g/mol. The van der Waals surface area contributed by atoms with Crippen LogP contribution in [0, 0.1) is 0 Å². The molecule has 1 amide bonds. The number of furan rings is 1. The number of carbonyl (C=O) groups is 1. The Morgan fingerprint density at radius 1 is 1.36 bits per heavy atom. The number of hydrogen-bond donors (Lipinski definition) is 1. The zero-order valence-corrected chi connectivity index (χ0v) is 14.9. The molecule has 1 saturated carbocycles. The van der Waals surface area contributed by atoms with E-state index in [-0.39, 0.29) is 28.2 Å². The third-order valence-corrected chi connectivity index (χ3v) is 5.46. The van der Waals surface area contributed by atoms with Crippen molar-refractivity contribution in [1.29, 1.82) is 0 Å². The molecule has 134 valence electrons. The van der Waals surface area contributed by atoms with E-state index in [0.717, 1.165) is 12.8 Å². The van der Waals surface area contributed by atoms with Gasteiger partial charge in [0.2, 0.25) is 10.0 Å². The Labute approximate surface area is 146 Å². The van der Waals surface area contributed by atoms with Crippen LogP contribution >= 0.6 is 0 Å². The molecule has 1 aromatic heterocycles. The first-order valence-corrected chi connectivity index (χ1v) is 9.37. The van der Waals surface area contributed by atoms with Crippen molar-refractivity contribution in [2.24, 2.45) is 0 Å². The Morgan fingerprint density at radius 3 is 2.72 bits per heavy atom. The number of carbonyl (C=O) groups excluding carboxylic acids is 1. The van der Waals surface area contributed by atoms with Crippen LogP contribution in [0.15, 0.2) is 45.9 Å². The molecule has 1 aromatic carbocycles. The summed E-state index contributed by atoms with van der Waals surface area (Å²) in [5, 5.41) is 0. The number of benzene rings is 1. The smallest absolute Gasteiger partial charge is 0.254 e. The van der Waals surface area contributed by atoms with Gasteiger partial charge < -0.3 is 14.1 Å². The molecule has 3 rings (SSSR count). The zero-order valence-electron chi connectivity index (χ0n) is 14.1. The summed E-state index contributed by atoms with van der Waals surface area (Å²) in [4.78, 5) is 14.0. The second-order valence-electron chi connectivity index (χ2n) is 6.00. The molecule has 1 aliphatic carbocycles. The predicted octanol–water partition coefficient (Wildman–Crippen LogP) is 2.00. The molecule has 0 radical (unpaired) electrons. The van der Waals surface area contributed by atoms with Crippen molar-refractivity contribution in [3.63, 3.8) is 0 Å². The molecule has 0 bridgehead atoms. The average Bonchev–Trinajstić information content (AvgIpc) is 3.24. The molecule has 0 saturated heterocycles. The maximum atomic E-state index is 12.6. The first-order chi connectivity index (χ1) is 11.9. The van der Waals surface area contributed by atoms with Crippen LogP contribution in [0.5, 0.6) is 5.75 Å². The minimum atomic E-state index is -3.74. The van der Waals surface area contributed by atoms with Crippen LogP contribution in [0.3, 0.4) is 0 Å². The molecule has 1 heterocycles. The molecule has 0 aliphatic heterocycles. The van der Waals surface area contributed by atoms with Gasteiger partial charge in [-0.05, 0) is 43.2 Å². The quantitative estimate of drug-likeness (QED) is 0.812. The standard InChI is InChI=1S/C17H20N2O5S/c1-19(11-14-4-3-9-24-14)17(20)12-5-8-15(23-2)16(10-12)25(21,22)18-13-6-7-13/h3-5,8-10,13,18H,6-7,11H2,1-2H3. The van der Waals surface area contributed by atoms with Gasteiger partial charge in [0.25, 0.3) is 5.91 Å². The Morgan fingerprint density at radius 2 is 2.12 bits per heavy atom. The van der Waals surface area contributed by atoms with E-state index in [2.05, 4.69) is 4.72 Å². The SMILES string of the molecule is COc1ccc(C(=O)N(C)Cc2ccco2)cc1S(=O)(=O)NC1CC1. The van der Waals surface area contributed by atoms with E-state index in [4.69, 9.17) is 9.15 Å². The van der Waals surface area contributed by atoms with Crippen LogP contribution in [0.2, 0.25) is 0 Å². The largest absolute Gasteiger partial charge is 0.495 e. The molecule has 0 unspecified atom stereocenters. The minimum absolute atomic E-state index is 0.0286. The zero-order chi connectivity index (χ0) is 18.0. The Balaban J connectivity index is 1.86. The van der Waals surface area contributed by atoms with Crippen LogP contribution < -0.4 is 9.46 Å². The average molecular weight is 364 g/mol. The van der Waals surface area contributed by atoms with E-state index >= 15 is 0 Å². The molecule has 2 aromatic rings. The van der Waals surface area contributed by atoms with E-state index in [0.29, 0.717) is 12.3 Å². The van der Waals surface area contributed by atoms with E-state index in [1.165, 1.54) is 30.4 Å². The molecule has 7 nitrogen and oxygen atoms in total.